The minimum absolute atomic E-state index is 0.180. The molecule has 0 spiro atoms. The number of aliphatic imine (C=N–C) groups is 1. The van der Waals surface area contributed by atoms with Crippen LogP contribution in [0.4, 0.5) is 0 Å². The molecule has 0 saturated heterocycles. The Labute approximate surface area is 120 Å². The Kier molecular flexibility index (Phi) is 4.62. The van der Waals surface area contributed by atoms with Gasteiger partial charge in [-0.3, -0.25) is 4.79 Å². The molecule has 0 N–H and O–H groups in total. The molecule has 3 rings (SSSR count). The van der Waals surface area contributed by atoms with Crippen LogP contribution >= 0.6 is 11.8 Å². The second-order valence-corrected chi connectivity index (χ2v) is 7.70. The normalized spacial score (nSPS) is 30.6. The van der Waals surface area contributed by atoms with E-state index < -0.39 is 0 Å². The predicted molar refractivity (Wildman–Crippen MR) is 81.6 cm³/mol. The van der Waals surface area contributed by atoms with E-state index in [4.69, 9.17) is 0 Å². The van der Waals surface area contributed by atoms with Crippen LogP contribution in [0.15, 0.2) is 4.99 Å². The van der Waals surface area contributed by atoms with E-state index >= 15 is 0 Å². The van der Waals surface area contributed by atoms with E-state index in [0.29, 0.717) is 5.92 Å². The van der Waals surface area contributed by atoms with Crippen LogP contribution in [0.25, 0.3) is 0 Å². The topological polar surface area (TPSA) is 29.4 Å². The maximum absolute atomic E-state index is 12.1. The molecular weight excluding hydrogens is 254 g/mol. The molecule has 2 saturated carbocycles. The third kappa shape index (κ3) is 3.42. The van der Waals surface area contributed by atoms with Gasteiger partial charge in [0.25, 0.3) is 5.91 Å². The van der Waals surface area contributed by atoms with Crippen molar-refractivity contribution in [1.82, 2.24) is 0 Å². The molecule has 2 aliphatic carbocycles. The largest absolute Gasteiger partial charge is 0.271 e. The molecule has 1 amide bonds. The third-order valence-corrected chi connectivity index (χ3v) is 6.38. The summed E-state index contributed by atoms with van der Waals surface area (Å²) in [4.78, 5) is 16.5. The molecule has 19 heavy (non-hydrogen) atoms. The van der Waals surface area contributed by atoms with Gasteiger partial charge in [-0.25, -0.2) is 4.99 Å². The third-order valence-electron chi connectivity index (χ3n) is 5.01. The highest BCUT2D eigenvalue weighted by molar-refractivity contribution is 8.15. The van der Waals surface area contributed by atoms with Crippen LogP contribution in [0, 0.1) is 11.8 Å². The summed E-state index contributed by atoms with van der Waals surface area (Å²) >= 11 is 1.82. The Hall–Kier alpha value is -0.310. The smallest absolute Gasteiger partial charge is 0.260 e. The van der Waals surface area contributed by atoms with Crippen molar-refractivity contribution in [3.63, 3.8) is 0 Å². The average Bonchev–Trinajstić information content (AvgIpc) is 2.82. The number of hydrogen-bond donors (Lipinski definition) is 0. The van der Waals surface area contributed by atoms with Crippen LogP contribution < -0.4 is 0 Å². The van der Waals surface area contributed by atoms with Crippen molar-refractivity contribution < 1.29 is 4.79 Å². The molecule has 3 aliphatic rings. The van der Waals surface area contributed by atoms with Gasteiger partial charge < -0.3 is 0 Å². The molecule has 0 aromatic carbocycles. The SMILES string of the molecule is O=C1N=C(CC2CCCCC2)SC1C1CCCCC1. The lowest BCUT2D eigenvalue weighted by molar-refractivity contribution is -0.118. The fourth-order valence-corrected chi connectivity index (χ4v) is 5.26. The maximum Gasteiger partial charge on any atom is 0.260 e. The van der Waals surface area contributed by atoms with E-state index in [9.17, 15) is 4.79 Å². The van der Waals surface area contributed by atoms with E-state index in [1.54, 1.807) is 0 Å². The Morgan fingerprint density at radius 3 is 2.26 bits per heavy atom. The van der Waals surface area contributed by atoms with Crippen molar-refractivity contribution in [2.75, 3.05) is 0 Å². The lowest BCUT2D eigenvalue weighted by Crippen LogP contribution is -2.24. The monoisotopic (exact) mass is 279 g/mol. The summed E-state index contributed by atoms with van der Waals surface area (Å²) < 4.78 is 0. The number of rotatable bonds is 3. The van der Waals surface area contributed by atoms with E-state index in [2.05, 4.69) is 4.99 Å². The minimum atomic E-state index is 0.180. The fourth-order valence-electron chi connectivity index (χ4n) is 3.88. The van der Waals surface area contributed by atoms with Crippen molar-refractivity contribution in [2.45, 2.75) is 75.9 Å². The van der Waals surface area contributed by atoms with Gasteiger partial charge in [0.15, 0.2) is 0 Å². The van der Waals surface area contributed by atoms with Gasteiger partial charge in [0.1, 0.15) is 0 Å². The number of carbonyl (C=O) groups excluding carboxylic acids is 1. The maximum atomic E-state index is 12.1. The molecule has 2 fully saturated rings. The first kappa shape index (κ1) is 13.7. The van der Waals surface area contributed by atoms with Crippen LogP contribution in [0.2, 0.25) is 0 Å². The highest BCUT2D eigenvalue weighted by Crippen LogP contribution is 2.39. The molecule has 0 radical (unpaired) electrons. The zero-order chi connectivity index (χ0) is 13.1. The summed E-state index contributed by atoms with van der Waals surface area (Å²) in [5.74, 6) is 1.60. The molecule has 0 aromatic rings. The van der Waals surface area contributed by atoms with E-state index in [1.807, 2.05) is 11.8 Å². The van der Waals surface area contributed by atoms with Crippen molar-refractivity contribution in [3.05, 3.63) is 0 Å². The second-order valence-electron chi connectivity index (χ2n) is 6.49. The first-order chi connectivity index (χ1) is 9.33. The summed E-state index contributed by atoms with van der Waals surface area (Å²) in [6, 6.07) is 0. The first-order valence-corrected chi connectivity index (χ1v) is 8.99. The molecule has 1 atom stereocenters. The average molecular weight is 279 g/mol. The summed E-state index contributed by atoms with van der Waals surface area (Å²) in [5, 5.41) is 1.34. The van der Waals surface area contributed by atoms with Gasteiger partial charge in [0.05, 0.1) is 10.3 Å². The fraction of sp³-hybridized carbons (Fsp3) is 0.875. The van der Waals surface area contributed by atoms with Gasteiger partial charge in [-0.05, 0) is 31.1 Å². The Morgan fingerprint density at radius 1 is 0.947 bits per heavy atom. The van der Waals surface area contributed by atoms with Crippen molar-refractivity contribution in [1.29, 1.82) is 0 Å². The quantitative estimate of drug-likeness (QED) is 0.757. The number of carbonyl (C=O) groups is 1. The van der Waals surface area contributed by atoms with Crippen LogP contribution in [0.1, 0.15) is 70.6 Å². The summed E-state index contributed by atoms with van der Waals surface area (Å²) in [5.41, 5.74) is 0. The van der Waals surface area contributed by atoms with Crippen molar-refractivity contribution in [2.24, 2.45) is 16.8 Å². The van der Waals surface area contributed by atoms with Crippen molar-refractivity contribution >= 4 is 22.7 Å². The number of nitrogens with zero attached hydrogens (tertiary/aromatic N) is 1. The standard InChI is InChI=1S/C16H25NOS/c18-16-15(13-9-5-2-6-10-13)19-14(17-16)11-12-7-3-1-4-8-12/h12-13,15H,1-11H2. The first-order valence-electron chi connectivity index (χ1n) is 8.11. The molecular formula is C16H25NOS. The van der Waals surface area contributed by atoms with Crippen LogP contribution in [-0.2, 0) is 4.79 Å². The number of amides is 1. The van der Waals surface area contributed by atoms with Crippen LogP contribution in [0.5, 0.6) is 0 Å². The molecule has 1 unspecified atom stereocenters. The van der Waals surface area contributed by atoms with Crippen LogP contribution in [0.3, 0.4) is 0 Å². The molecule has 0 aromatic heterocycles. The second kappa shape index (κ2) is 6.43. The van der Waals surface area contributed by atoms with Crippen LogP contribution in [-0.4, -0.2) is 16.2 Å². The van der Waals surface area contributed by atoms with Gasteiger partial charge in [0, 0.05) is 0 Å². The lowest BCUT2D eigenvalue weighted by atomic mass is 9.86. The van der Waals surface area contributed by atoms with E-state index in [0.717, 1.165) is 17.4 Å². The van der Waals surface area contributed by atoms with Gasteiger partial charge >= 0.3 is 0 Å². The molecule has 0 bridgehead atoms. The zero-order valence-electron chi connectivity index (χ0n) is 11.8. The molecule has 1 aliphatic heterocycles. The van der Waals surface area contributed by atoms with Crippen molar-refractivity contribution in [3.8, 4) is 0 Å². The number of hydrogen-bond acceptors (Lipinski definition) is 2. The Bertz CT molecular complexity index is 354. The minimum Gasteiger partial charge on any atom is -0.271 e. The lowest BCUT2D eigenvalue weighted by Gasteiger charge is -2.25. The summed E-state index contributed by atoms with van der Waals surface area (Å²) in [6.45, 7) is 0. The van der Waals surface area contributed by atoms with Gasteiger partial charge in [-0.15, -0.1) is 0 Å². The molecule has 2 nitrogen and oxygen atoms in total. The number of thioether (sulfide) groups is 1. The summed E-state index contributed by atoms with van der Waals surface area (Å²) in [7, 11) is 0. The molecule has 3 heteroatoms. The highest BCUT2D eigenvalue weighted by Gasteiger charge is 2.36. The summed E-state index contributed by atoms with van der Waals surface area (Å²) in [6.07, 6.45) is 14.4. The predicted octanol–water partition coefficient (Wildman–Crippen LogP) is 4.58. The zero-order valence-corrected chi connectivity index (χ0v) is 12.6. The van der Waals surface area contributed by atoms with Gasteiger partial charge in [-0.2, -0.15) is 0 Å². The van der Waals surface area contributed by atoms with E-state index in [1.165, 1.54) is 64.2 Å². The highest BCUT2D eigenvalue weighted by atomic mass is 32.2. The Balaban J connectivity index is 1.53. The molecule has 1 heterocycles. The van der Waals surface area contributed by atoms with Gasteiger partial charge in [-0.1, -0.05) is 63.1 Å². The Morgan fingerprint density at radius 2 is 1.58 bits per heavy atom. The molecule has 106 valence electrons. The van der Waals surface area contributed by atoms with Gasteiger partial charge in [0.2, 0.25) is 0 Å². The van der Waals surface area contributed by atoms with E-state index in [-0.39, 0.29) is 11.2 Å².